The molecule has 0 unspecified atom stereocenters. The van der Waals surface area contributed by atoms with Gasteiger partial charge < -0.3 is 0 Å². The third-order valence-electron chi connectivity index (χ3n) is 0. The van der Waals surface area contributed by atoms with Gasteiger partial charge in [-0.2, -0.15) is 0 Å². The van der Waals surface area contributed by atoms with Gasteiger partial charge >= 0.3 is 8.25 Å². The van der Waals surface area contributed by atoms with Crippen molar-refractivity contribution in [1.29, 1.82) is 0 Å². The Morgan fingerprint density at radius 3 is 1.00 bits per heavy atom. The van der Waals surface area contributed by atoms with E-state index < -0.39 is 8.25 Å². The zero-order valence-corrected chi connectivity index (χ0v) is 15.0. The van der Waals surface area contributed by atoms with Crippen molar-refractivity contribution in [3.8, 4) is 0 Å². The Kier molecular flexibility index (Phi) is 55.5. The van der Waals surface area contributed by atoms with Crippen molar-refractivity contribution in [2.24, 2.45) is 0 Å². The average molecular weight is 198 g/mol. The molecule has 7 heteroatoms. The maximum atomic E-state index is 8.70. The Labute approximate surface area is 171 Å². The molecule has 2 N–H and O–H groups in total. The summed E-state index contributed by atoms with van der Waals surface area (Å²) in [5.41, 5.74) is 0. The van der Waals surface area contributed by atoms with Crippen LogP contribution >= 0.6 is 8.25 Å². The smallest absolute Gasteiger partial charge is 0.134 e. The van der Waals surface area contributed by atoms with Crippen LogP contribution in [0.15, 0.2) is 0 Å². The van der Waals surface area contributed by atoms with E-state index in [9.17, 15) is 0 Å². The van der Waals surface area contributed by atoms with Crippen LogP contribution in [0.5, 0.6) is 0 Å². The van der Waals surface area contributed by atoms with E-state index in [1.807, 2.05) is 0 Å². The maximum Gasteiger partial charge on any atom is 0.692 e. The molecule has 3 radical (unpaired) electrons. The van der Waals surface area contributed by atoms with Crippen LogP contribution in [-0.2, 0) is 4.57 Å². The zero-order chi connectivity index (χ0) is 3.58. The third-order valence-corrected chi connectivity index (χ3v) is 0. The van der Waals surface area contributed by atoms with Crippen molar-refractivity contribution < 1.29 is 14.4 Å². The summed E-state index contributed by atoms with van der Waals surface area (Å²) in [5, 5.41) is 0. The van der Waals surface area contributed by atoms with Gasteiger partial charge in [0.1, 0.15) is 0 Å². The van der Waals surface area contributed by atoms with Gasteiger partial charge in [0.15, 0.2) is 0 Å². The Bertz CT molecular complexity index is 33.2. The number of rotatable bonds is 0. The van der Waals surface area contributed by atoms with E-state index in [1.165, 1.54) is 0 Å². The van der Waals surface area contributed by atoms with E-state index in [-0.39, 0.29) is 154 Å². The monoisotopic (exact) mass is 198 g/mol. The van der Waals surface area contributed by atoms with Crippen LogP contribution in [0, 0.1) is 0 Å². The predicted molar refractivity (Wildman–Crippen MR) is 29.3 cm³/mol. The quantitative estimate of drug-likeness (QED) is 0.367. The normalized spacial score (nSPS) is 3.71. The molecule has 0 fully saturated rings. The van der Waals surface area contributed by atoms with E-state index in [2.05, 4.69) is 0 Å². The molecule has 0 rings (SSSR count). The topological polar surface area (TPSA) is 57.5 Å². The van der Waals surface area contributed by atoms with Crippen molar-refractivity contribution in [3.63, 3.8) is 0 Å². The van der Waals surface area contributed by atoms with Crippen molar-refractivity contribution in [2.75, 3.05) is 0 Å². The summed E-state index contributed by atoms with van der Waals surface area (Å²) >= 11 is 0. The zero-order valence-electron chi connectivity index (χ0n) is 4.75. The molecule has 0 aromatic carbocycles. The van der Waals surface area contributed by atoms with Crippen molar-refractivity contribution >= 4 is 162 Å². The van der Waals surface area contributed by atoms with Gasteiger partial charge in [-0.1, -0.05) is 0 Å². The third kappa shape index (κ3) is 35.9. The summed E-state index contributed by atoms with van der Waals surface area (Å²) in [6, 6.07) is 0. The summed E-state index contributed by atoms with van der Waals surface area (Å²) in [4.78, 5) is 14.2. The van der Waals surface area contributed by atoms with E-state index in [4.69, 9.17) is 14.4 Å². The van der Waals surface area contributed by atoms with E-state index in [0.29, 0.717) is 0 Å². The van der Waals surface area contributed by atoms with Gasteiger partial charge in [0.25, 0.3) is 0 Å². The molecule has 0 heterocycles. The minimum absolute atomic E-state index is 0. The van der Waals surface area contributed by atoms with Gasteiger partial charge in [0.05, 0.1) is 0 Å². The fraction of sp³-hybridized carbons (Fsp3) is 0. The molecule has 0 amide bonds. The summed E-state index contributed by atoms with van der Waals surface area (Å²) in [5.74, 6) is 0. The first-order chi connectivity index (χ1) is 1.73. The van der Waals surface area contributed by atoms with E-state index in [1.54, 1.807) is 0 Å². The van der Waals surface area contributed by atoms with Crippen molar-refractivity contribution in [3.05, 3.63) is 0 Å². The summed E-state index contributed by atoms with van der Waals surface area (Å²) in [7, 11) is -2.87. The van der Waals surface area contributed by atoms with Gasteiger partial charge in [-0.25, -0.2) is 0 Å². The second-order valence-corrected chi connectivity index (χ2v) is 0.758. The van der Waals surface area contributed by atoms with Crippen LogP contribution in [0.1, 0.15) is 0 Å². The molecule has 0 aromatic rings. The van der Waals surface area contributed by atoms with E-state index >= 15 is 0 Å². The largest absolute Gasteiger partial charge is 0.692 e. The van der Waals surface area contributed by atoms with Gasteiger partial charge in [0.2, 0.25) is 0 Å². The SMILES string of the molecule is O=[P+](O)O.[K].[K].[K]. The summed E-state index contributed by atoms with van der Waals surface area (Å²) < 4.78 is 8.70. The Balaban J connectivity index is -0.0000000150. The molecule has 0 saturated heterocycles. The maximum absolute atomic E-state index is 8.70. The first-order valence-corrected chi connectivity index (χ1v) is 1.75. The molecule has 0 atom stereocenters. The minimum Gasteiger partial charge on any atom is -0.134 e. The van der Waals surface area contributed by atoms with Crippen LogP contribution in [0.3, 0.4) is 0 Å². The molecule has 3 nitrogen and oxygen atoms in total. The number of hydrogen-bond acceptors (Lipinski definition) is 1. The summed E-state index contributed by atoms with van der Waals surface area (Å²) in [6.07, 6.45) is 0. The van der Waals surface area contributed by atoms with Gasteiger partial charge in [0, 0.05) is 159 Å². The van der Waals surface area contributed by atoms with Gasteiger partial charge in [-0.15, -0.1) is 9.79 Å². The molecule has 0 aliphatic heterocycles. The molecule has 0 saturated carbocycles. The second-order valence-electron chi connectivity index (χ2n) is 0.253. The molecule has 0 aromatic heterocycles. The fourth-order valence-corrected chi connectivity index (χ4v) is 0. The fourth-order valence-electron chi connectivity index (χ4n) is 0. The molecular weight excluding hydrogens is 196 g/mol. The van der Waals surface area contributed by atoms with Crippen LogP contribution in [0.25, 0.3) is 0 Å². The van der Waals surface area contributed by atoms with Crippen molar-refractivity contribution in [1.82, 2.24) is 0 Å². The predicted octanol–water partition coefficient (Wildman–Crippen LogP) is -1.51. The van der Waals surface area contributed by atoms with Crippen LogP contribution in [0.4, 0.5) is 0 Å². The van der Waals surface area contributed by atoms with E-state index in [0.717, 1.165) is 0 Å². The van der Waals surface area contributed by atoms with Gasteiger partial charge in [-0.05, 0) is 0 Å². The van der Waals surface area contributed by atoms with Crippen LogP contribution in [0.2, 0.25) is 0 Å². The second kappa shape index (κ2) is 17.1. The summed E-state index contributed by atoms with van der Waals surface area (Å²) in [6.45, 7) is 0. The Morgan fingerprint density at radius 1 is 1.00 bits per heavy atom. The minimum atomic E-state index is -2.87. The molecule has 27 valence electrons. The standard InChI is InChI=1S/3K.HO3P/c;;;1-4(2)3/h;;;(H-,1,2,3)/p+1. The molecule has 0 bridgehead atoms. The first kappa shape index (κ1) is 22.7. The molecular formula is H2K3O3P+. The van der Waals surface area contributed by atoms with Crippen LogP contribution < -0.4 is 0 Å². The molecule has 0 aliphatic rings. The molecule has 0 spiro atoms. The molecule has 0 aliphatic carbocycles. The van der Waals surface area contributed by atoms with Gasteiger partial charge in [-0.3, -0.25) is 0 Å². The van der Waals surface area contributed by atoms with Crippen molar-refractivity contribution in [2.45, 2.75) is 0 Å². The van der Waals surface area contributed by atoms with Crippen LogP contribution in [-0.4, -0.2) is 164 Å². The molecule has 7 heavy (non-hydrogen) atoms. The Morgan fingerprint density at radius 2 is 1.00 bits per heavy atom. The Hall–Kier alpha value is 4.93. The number of hydrogen-bond donors (Lipinski definition) is 2. The first-order valence-electron chi connectivity index (χ1n) is 0.583. The average Bonchev–Trinajstić information content (AvgIpc) is 0.811.